The number of anilines is 1. The molecule has 2 N–H and O–H groups in total. The zero-order chi connectivity index (χ0) is 24.0. The van der Waals surface area contributed by atoms with Gasteiger partial charge in [-0.05, 0) is 74.7 Å². The Bertz CT molecular complexity index is 1230. The molecule has 0 saturated heterocycles. The molecule has 0 saturated carbocycles. The summed E-state index contributed by atoms with van der Waals surface area (Å²) in [5.74, 6) is -1.95. The lowest BCUT2D eigenvalue weighted by molar-refractivity contribution is -0.136. The van der Waals surface area contributed by atoms with E-state index in [1.54, 1.807) is 55.5 Å². The number of carbonyl (C=O) groups is 3. The van der Waals surface area contributed by atoms with Gasteiger partial charge < -0.3 is 10.1 Å². The third-order valence-corrected chi connectivity index (χ3v) is 4.86. The van der Waals surface area contributed by atoms with Gasteiger partial charge in [0.2, 0.25) is 0 Å². The van der Waals surface area contributed by atoms with Gasteiger partial charge in [-0.2, -0.15) is 5.10 Å². The lowest BCUT2D eigenvalue weighted by atomic mass is 10.1. The zero-order valence-electron chi connectivity index (χ0n) is 18.9. The maximum Gasteiger partial charge on any atom is 0.343 e. The van der Waals surface area contributed by atoms with Gasteiger partial charge in [0.1, 0.15) is 5.75 Å². The van der Waals surface area contributed by atoms with Crippen LogP contribution in [-0.2, 0) is 9.59 Å². The fourth-order valence-electron chi connectivity index (χ4n) is 3.29. The molecule has 3 rings (SSSR count). The molecule has 0 aliphatic rings. The van der Waals surface area contributed by atoms with E-state index >= 15 is 0 Å². The number of hydrazone groups is 1. The van der Waals surface area contributed by atoms with Crippen LogP contribution < -0.4 is 15.5 Å². The average molecular weight is 444 g/mol. The monoisotopic (exact) mass is 443 g/mol. The number of benzene rings is 3. The van der Waals surface area contributed by atoms with Crippen LogP contribution in [0.1, 0.15) is 39.5 Å². The van der Waals surface area contributed by atoms with Gasteiger partial charge in [-0.25, -0.2) is 10.2 Å². The summed E-state index contributed by atoms with van der Waals surface area (Å²) in [5, 5.41) is 6.57. The summed E-state index contributed by atoms with van der Waals surface area (Å²) in [7, 11) is 0. The van der Waals surface area contributed by atoms with Crippen molar-refractivity contribution in [3.8, 4) is 5.75 Å². The first-order valence-electron chi connectivity index (χ1n) is 10.4. The van der Waals surface area contributed by atoms with E-state index in [1.807, 2.05) is 39.0 Å². The Labute approximate surface area is 192 Å². The summed E-state index contributed by atoms with van der Waals surface area (Å²) in [5.41, 5.74) is 6.85. The van der Waals surface area contributed by atoms with Crippen molar-refractivity contribution < 1.29 is 19.1 Å². The Morgan fingerprint density at radius 3 is 2.06 bits per heavy atom. The fraction of sp³-hybridized carbons (Fsp3) is 0.154. The van der Waals surface area contributed by atoms with Crippen molar-refractivity contribution in [2.75, 3.05) is 5.32 Å². The number of esters is 1. The Morgan fingerprint density at radius 1 is 0.788 bits per heavy atom. The van der Waals surface area contributed by atoms with Crippen molar-refractivity contribution >= 4 is 29.2 Å². The Hall–Kier alpha value is -4.26. The molecular weight excluding hydrogens is 418 g/mol. The van der Waals surface area contributed by atoms with Crippen LogP contribution in [0.2, 0.25) is 0 Å². The molecule has 0 unspecified atom stereocenters. The maximum absolute atomic E-state index is 12.6. The number of nitrogens with one attached hydrogen (secondary N) is 2. The molecule has 0 radical (unpaired) electrons. The number of amides is 2. The second-order valence-electron chi connectivity index (χ2n) is 7.67. The number of ether oxygens (including phenoxy) is 1. The third kappa shape index (κ3) is 6.13. The predicted octanol–water partition coefficient (Wildman–Crippen LogP) is 4.31. The lowest BCUT2D eigenvalue weighted by Crippen LogP contribution is -2.33. The number of hydrogen-bond donors (Lipinski definition) is 2. The van der Waals surface area contributed by atoms with Gasteiger partial charge in [0.25, 0.3) is 0 Å². The molecule has 0 bridgehead atoms. The summed E-state index contributed by atoms with van der Waals surface area (Å²) in [6.45, 7) is 7.27. The lowest BCUT2D eigenvalue weighted by Gasteiger charge is -2.11. The minimum Gasteiger partial charge on any atom is -0.422 e. The van der Waals surface area contributed by atoms with Gasteiger partial charge in [0.15, 0.2) is 0 Å². The average Bonchev–Trinajstić information content (AvgIpc) is 2.77. The SMILES string of the molecule is C/C(=N\NC(=O)C(=O)Nc1cc(C)cc(C)c1)c1ccccc1OC(=O)c1ccccc1C. The molecule has 3 aromatic rings. The van der Waals surface area contributed by atoms with Gasteiger partial charge in [-0.1, -0.05) is 36.4 Å². The van der Waals surface area contributed by atoms with Crippen molar-refractivity contribution in [2.45, 2.75) is 27.7 Å². The third-order valence-electron chi connectivity index (χ3n) is 4.86. The van der Waals surface area contributed by atoms with E-state index in [0.29, 0.717) is 28.3 Å². The minimum atomic E-state index is -0.914. The number of nitrogens with zero attached hydrogens (tertiary/aromatic N) is 1. The normalized spacial score (nSPS) is 11.0. The Kier molecular flexibility index (Phi) is 7.35. The molecule has 0 spiro atoms. The van der Waals surface area contributed by atoms with Crippen LogP contribution in [0, 0.1) is 20.8 Å². The summed E-state index contributed by atoms with van der Waals surface area (Å²) >= 11 is 0. The second kappa shape index (κ2) is 10.4. The summed E-state index contributed by atoms with van der Waals surface area (Å²) in [6, 6.07) is 19.5. The molecule has 33 heavy (non-hydrogen) atoms. The van der Waals surface area contributed by atoms with E-state index in [9.17, 15) is 14.4 Å². The van der Waals surface area contributed by atoms with Crippen molar-refractivity contribution in [3.63, 3.8) is 0 Å². The van der Waals surface area contributed by atoms with Gasteiger partial charge in [-0.3, -0.25) is 9.59 Å². The summed E-state index contributed by atoms with van der Waals surface area (Å²) < 4.78 is 5.58. The minimum absolute atomic E-state index is 0.293. The van der Waals surface area contributed by atoms with E-state index < -0.39 is 17.8 Å². The molecule has 0 fully saturated rings. The van der Waals surface area contributed by atoms with E-state index in [2.05, 4.69) is 15.8 Å². The van der Waals surface area contributed by atoms with Gasteiger partial charge in [-0.15, -0.1) is 0 Å². The highest BCUT2D eigenvalue weighted by molar-refractivity contribution is 6.39. The van der Waals surface area contributed by atoms with Gasteiger partial charge in [0.05, 0.1) is 11.3 Å². The summed E-state index contributed by atoms with van der Waals surface area (Å²) in [4.78, 5) is 37.0. The predicted molar refractivity (Wildman–Crippen MR) is 127 cm³/mol. The highest BCUT2D eigenvalue weighted by atomic mass is 16.5. The van der Waals surface area contributed by atoms with Crippen LogP contribution in [0.25, 0.3) is 0 Å². The molecule has 7 heteroatoms. The second-order valence-corrected chi connectivity index (χ2v) is 7.67. The van der Waals surface area contributed by atoms with Crippen molar-refractivity contribution in [1.82, 2.24) is 5.43 Å². The van der Waals surface area contributed by atoms with Crippen LogP contribution in [0.3, 0.4) is 0 Å². The highest BCUT2D eigenvalue weighted by Gasteiger charge is 2.16. The maximum atomic E-state index is 12.6. The largest absolute Gasteiger partial charge is 0.422 e. The van der Waals surface area contributed by atoms with Crippen LogP contribution in [0.15, 0.2) is 71.8 Å². The smallest absolute Gasteiger partial charge is 0.343 e. The fourth-order valence-corrected chi connectivity index (χ4v) is 3.29. The molecule has 0 atom stereocenters. The number of para-hydroxylation sites is 1. The first-order valence-corrected chi connectivity index (χ1v) is 10.4. The number of hydrogen-bond acceptors (Lipinski definition) is 5. The van der Waals surface area contributed by atoms with Crippen LogP contribution in [0.5, 0.6) is 5.75 Å². The van der Waals surface area contributed by atoms with E-state index in [4.69, 9.17) is 4.74 Å². The Morgan fingerprint density at radius 2 is 1.39 bits per heavy atom. The van der Waals surface area contributed by atoms with Gasteiger partial charge in [0, 0.05) is 11.3 Å². The zero-order valence-corrected chi connectivity index (χ0v) is 18.9. The standard InChI is InChI=1S/C26H25N3O4/c1-16-13-17(2)15-20(14-16)27-24(30)25(31)29-28-19(4)22-11-7-8-12-23(22)33-26(32)21-10-6-5-9-18(21)3/h5-15H,1-4H3,(H,27,30)(H,29,31)/b28-19+. The van der Waals surface area contributed by atoms with Crippen LogP contribution in [0.4, 0.5) is 5.69 Å². The van der Waals surface area contributed by atoms with Crippen molar-refractivity contribution in [3.05, 3.63) is 94.5 Å². The first kappa shape index (κ1) is 23.4. The highest BCUT2D eigenvalue weighted by Crippen LogP contribution is 2.21. The van der Waals surface area contributed by atoms with E-state index in [1.165, 1.54) is 0 Å². The molecule has 0 aliphatic carbocycles. The Balaban J connectivity index is 1.70. The molecule has 0 heterocycles. The number of rotatable bonds is 5. The van der Waals surface area contributed by atoms with E-state index in [-0.39, 0.29) is 0 Å². The number of carbonyl (C=O) groups excluding carboxylic acids is 3. The molecule has 3 aromatic carbocycles. The van der Waals surface area contributed by atoms with Crippen molar-refractivity contribution in [1.29, 1.82) is 0 Å². The topological polar surface area (TPSA) is 96.9 Å². The van der Waals surface area contributed by atoms with Crippen molar-refractivity contribution in [2.24, 2.45) is 5.10 Å². The quantitative estimate of drug-likeness (QED) is 0.202. The first-order chi connectivity index (χ1) is 15.7. The van der Waals surface area contributed by atoms with Gasteiger partial charge >= 0.3 is 17.8 Å². The molecule has 168 valence electrons. The van der Waals surface area contributed by atoms with Crippen LogP contribution >= 0.6 is 0 Å². The molecule has 0 aliphatic heterocycles. The van der Waals surface area contributed by atoms with E-state index in [0.717, 1.165) is 16.7 Å². The number of aryl methyl sites for hydroxylation is 3. The summed E-state index contributed by atoms with van der Waals surface area (Å²) in [6.07, 6.45) is 0. The van der Waals surface area contributed by atoms with Crippen LogP contribution in [-0.4, -0.2) is 23.5 Å². The molecular formula is C26H25N3O4. The molecule has 0 aromatic heterocycles. The molecule has 2 amide bonds. The molecule has 7 nitrogen and oxygen atoms in total.